The molecule has 0 saturated heterocycles. The van der Waals surface area contributed by atoms with Crippen LogP contribution in [0.3, 0.4) is 0 Å². The van der Waals surface area contributed by atoms with E-state index in [4.69, 9.17) is 0 Å². The number of hydrogen-bond acceptors (Lipinski definition) is 3. The van der Waals surface area contributed by atoms with E-state index < -0.39 is 0 Å². The maximum atomic E-state index is 12.0. The van der Waals surface area contributed by atoms with Crippen molar-refractivity contribution in [2.45, 2.75) is 32.2 Å². The van der Waals surface area contributed by atoms with Crippen LogP contribution in [0.4, 0.5) is 0 Å². The molecular formula is C18H25ClN2OS. The van der Waals surface area contributed by atoms with Crippen LogP contribution in [0.25, 0.3) is 0 Å². The van der Waals surface area contributed by atoms with E-state index in [0.717, 1.165) is 16.9 Å². The Hall–Kier alpha value is -1.36. The van der Waals surface area contributed by atoms with E-state index in [9.17, 15) is 4.79 Å². The first-order chi connectivity index (χ1) is 10.7. The zero-order valence-electron chi connectivity index (χ0n) is 13.8. The summed E-state index contributed by atoms with van der Waals surface area (Å²) in [6.45, 7) is 4.76. The molecule has 0 bridgehead atoms. The molecular weight excluding hydrogens is 328 g/mol. The number of amides is 1. The molecule has 0 fully saturated rings. The number of nitrogens with one attached hydrogen (secondary N) is 2. The number of carbonyl (C=O) groups excluding carboxylic acids is 1. The first kappa shape index (κ1) is 19.7. The van der Waals surface area contributed by atoms with Crippen LogP contribution in [-0.4, -0.2) is 19.5 Å². The molecule has 2 N–H and O–H groups in total. The number of halogens is 1. The second-order valence-corrected chi connectivity index (χ2v) is 6.50. The van der Waals surface area contributed by atoms with Gasteiger partial charge >= 0.3 is 0 Å². The molecule has 2 rings (SSSR count). The van der Waals surface area contributed by atoms with Gasteiger partial charge < -0.3 is 10.6 Å². The van der Waals surface area contributed by atoms with Crippen LogP contribution < -0.4 is 10.6 Å². The Balaban J connectivity index is 0.00000264. The fraction of sp³-hybridized carbons (Fsp3) is 0.389. The molecule has 2 atom stereocenters. The molecule has 1 heterocycles. The third-order valence-electron chi connectivity index (χ3n) is 3.92. The Bertz CT molecular complexity index is 584. The molecule has 0 spiro atoms. The maximum absolute atomic E-state index is 12.0. The van der Waals surface area contributed by atoms with Crippen LogP contribution >= 0.6 is 23.7 Å². The highest BCUT2D eigenvalue weighted by Crippen LogP contribution is 2.28. The van der Waals surface area contributed by atoms with Crippen molar-refractivity contribution in [2.75, 3.05) is 13.6 Å². The van der Waals surface area contributed by atoms with Gasteiger partial charge in [-0.25, -0.2) is 0 Å². The lowest BCUT2D eigenvalue weighted by molar-refractivity contribution is -0.120. The average molecular weight is 353 g/mol. The minimum atomic E-state index is -0.0770. The Morgan fingerprint density at radius 1 is 1.17 bits per heavy atom. The smallest absolute Gasteiger partial charge is 0.234 e. The summed E-state index contributed by atoms with van der Waals surface area (Å²) in [4.78, 5) is 13.1. The van der Waals surface area contributed by atoms with Crippen molar-refractivity contribution in [1.29, 1.82) is 0 Å². The van der Waals surface area contributed by atoms with Crippen LogP contribution in [0.1, 0.15) is 48.2 Å². The molecule has 1 aromatic heterocycles. The van der Waals surface area contributed by atoms with Gasteiger partial charge in [0.15, 0.2) is 0 Å². The quantitative estimate of drug-likeness (QED) is 0.787. The summed E-state index contributed by atoms with van der Waals surface area (Å²) in [5.74, 6) is 0.569. The predicted octanol–water partition coefficient (Wildman–Crippen LogP) is 4.11. The minimum absolute atomic E-state index is 0. The molecule has 3 nitrogen and oxygen atoms in total. The van der Waals surface area contributed by atoms with Gasteiger partial charge in [0.25, 0.3) is 0 Å². The summed E-state index contributed by atoms with van der Waals surface area (Å²) in [6.07, 6.45) is 1.13. The lowest BCUT2D eigenvalue weighted by Gasteiger charge is -2.19. The molecule has 2 unspecified atom stereocenters. The van der Waals surface area contributed by atoms with E-state index in [1.165, 1.54) is 5.56 Å². The van der Waals surface area contributed by atoms with E-state index in [1.807, 2.05) is 11.4 Å². The van der Waals surface area contributed by atoms with Crippen molar-refractivity contribution in [3.63, 3.8) is 0 Å². The van der Waals surface area contributed by atoms with Crippen LogP contribution in [0.2, 0.25) is 0 Å². The van der Waals surface area contributed by atoms with E-state index >= 15 is 0 Å². The van der Waals surface area contributed by atoms with Crippen molar-refractivity contribution in [3.8, 4) is 0 Å². The highest BCUT2D eigenvalue weighted by atomic mass is 35.5. The summed E-state index contributed by atoms with van der Waals surface area (Å²) in [7, 11) is 1.78. The van der Waals surface area contributed by atoms with Gasteiger partial charge in [0, 0.05) is 4.88 Å². The van der Waals surface area contributed by atoms with E-state index in [0.29, 0.717) is 12.5 Å². The predicted molar refractivity (Wildman–Crippen MR) is 101 cm³/mol. The molecule has 0 saturated carbocycles. The van der Waals surface area contributed by atoms with Crippen molar-refractivity contribution >= 4 is 29.7 Å². The second-order valence-electron chi connectivity index (χ2n) is 5.52. The monoisotopic (exact) mass is 352 g/mol. The highest BCUT2D eigenvalue weighted by Gasteiger charge is 2.17. The van der Waals surface area contributed by atoms with Gasteiger partial charge in [0.1, 0.15) is 0 Å². The zero-order chi connectivity index (χ0) is 15.9. The Labute approximate surface area is 148 Å². The Morgan fingerprint density at radius 2 is 1.83 bits per heavy atom. The lowest BCUT2D eigenvalue weighted by Crippen LogP contribution is -2.35. The zero-order valence-corrected chi connectivity index (χ0v) is 15.5. The third-order valence-corrected chi connectivity index (χ3v) is 4.86. The average Bonchev–Trinajstić information content (AvgIpc) is 3.06. The standard InChI is InChI=1S/C18H24N2OS.ClH/c1-4-13(2)14-7-9-15(10-8-14)18(16-6-5-11-22-16)20-17(21)12-19-3;/h5-11,13,18-19H,4,12H2,1-3H3,(H,20,21);1H. The third kappa shape index (κ3) is 5.34. The fourth-order valence-corrected chi connectivity index (χ4v) is 3.20. The first-order valence-electron chi connectivity index (χ1n) is 7.73. The normalized spacial score (nSPS) is 13.0. The second kappa shape index (κ2) is 9.71. The summed E-state index contributed by atoms with van der Waals surface area (Å²) in [5, 5.41) is 8.04. The molecule has 0 aliphatic carbocycles. The molecule has 0 radical (unpaired) electrons. The summed E-state index contributed by atoms with van der Waals surface area (Å²) in [5.41, 5.74) is 2.47. The van der Waals surface area contributed by atoms with Gasteiger partial charge in [-0.1, -0.05) is 44.2 Å². The molecule has 1 aromatic carbocycles. The Kier molecular flexibility index (Phi) is 8.31. The van der Waals surface area contributed by atoms with Gasteiger partial charge in [-0.3, -0.25) is 4.79 Å². The summed E-state index contributed by atoms with van der Waals surface area (Å²) >= 11 is 1.67. The summed E-state index contributed by atoms with van der Waals surface area (Å²) in [6, 6.07) is 12.6. The number of benzene rings is 1. The fourth-order valence-electron chi connectivity index (χ4n) is 2.40. The molecule has 23 heavy (non-hydrogen) atoms. The van der Waals surface area contributed by atoms with Crippen molar-refractivity contribution in [1.82, 2.24) is 10.6 Å². The molecule has 2 aromatic rings. The maximum Gasteiger partial charge on any atom is 0.234 e. The molecule has 126 valence electrons. The van der Waals surface area contributed by atoms with E-state index in [2.05, 4.69) is 54.8 Å². The van der Waals surface area contributed by atoms with E-state index in [-0.39, 0.29) is 24.4 Å². The Morgan fingerprint density at radius 3 is 2.35 bits per heavy atom. The summed E-state index contributed by atoms with van der Waals surface area (Å²) < 4.78 is 0. The number of hydrogen-bond donors (Lipinski definition) is 2. The lowest BCUT2D eigenvalue weighted by atomic mass is 9.95. The largest absolute Gasteiger partial charge is 0.343 e. The van der Waals surface area contributed by atoms with Crippen molar-refractivity contribution in [2.24, 2.45) is 0 Å². The first-order valence-corrected chi connectivity index (χ1v) is 8.60. The number of thiophene rings is 1. The van der Waals surface area contributed by atoms with Crippen LogP contribution in [0.5, 0.6) is 0 Å². The van der Waals surface area contributed by atoms with Crippen LogP contribution in [-0.2, 0) is 4.79 Å². The van der Waals surface area contributed by atoms with Gasteiger partial charge in [-0.2, -0.15) is 0 Å². The van der Waals surface area contributed by atoms with Crippen molar-refractivity contribution < 1.29 is 4.79 Å². The molecule has 0 aliphatic heterocycles. The SMILES string of the molecule is CCC(C)c1ccc(C(NC(=O)CNC)c2cccs2)cc1.Cl. The van der Waals surface area contributed by atoms with Gasteiger partial charge in [0.2, 0.25) is 5.91 Å². The van der Waals surface area contributed by atoms with Crippen LogP contribution in [0, 0.1) is 0 Å². The van der Waals surface area contributed by atoms with Gasteiger partial charge in [-0.05, 0) is 42.0 Å². The minimum Gasteiger partial charge on any atom is -0.343 e. The number of carbonyl (C=O) groups is 1. The van der Waals surface area contributed by atoms with E-state index in [1.54, 1.807) is 18.4 Å². The van der Waals surface area contributed by atoms with Gasteiger partial charge in [-0.15, -0.1) is 23.7 Å². The molecule has 0 aliphatic rings. The highest BCUT2D eigenvalue weighted by molar-refractivity contribution is 7.10. The van der Waals surface area contributed by atoms with Gasteiger partial charge in [0.05, 0.1) is 12.6 Å². The molecule has 1 amide bonds. The number of rotatable bonds is 7. The topological polar surface area (TPSA) is 41.1 Å². The number of likely N-dealkylation sites (N-methyl/N-ethyl adjacent to an activating group) is 1. The van der Waals surface area contributed by atoms with Crippen molar-refractivity contribution in [3.05, 3.63) is 57.8 Å². The van der Waals surface area contributed by atoms with Crippen LogP contribution in [0.15, 0.2) is 41.8 Å². The molecule has 5 heteroatoms.